The number of hydrogen-bond donors (Lipinski definition) is 3. The first-order chi connectivity index (χ1) is 9.45. The molecule has 1 fully saturated rings. The number of thiocarbonyl (C=S) groups is 1. The summed E-state index contributed by atoms with van der Waals surface area (Å²) in [6.45, 7) is 3.52. The lowest BCUT2D eigenvalue weighted by Gasteiger charge is -2.43. The second-order valence-electron chi connectivity index (χ2n) is 4.86. The molecule has 0 amide bonds. The van der Waals surface area contributed by atoms with Crippen LogP contribution >= 0.6 is 12.2 Å². The fourth-order valence-electron chi connectivity index (χ4n) is 2.43. The van der Waals surface area contributed by atoms with Crippen LogP contribution in [0.3, 0.4) is 0 Å². The molecule has 6 heteroatoms. The SMILES string of the molecule is CCOC(=O)[C@H]1[C@H](c2ccccc2)NC(=S)N[C@]1(C)O. The van der Waals surface area contributed by atoms with Gasteiger partial charge in [0.2, 0.25) is 0 Å². The molecule has 0 spiro atoms. The second-order valence-corrected chi connectivity index (χ2v) is 5.27. The molecule has 0 aliphatic carbocycles. The molecule has 0 aromatic heterocycles. The van der Waals surface area contributed by atoms with E-state index >= 15 is 0 Å². The van der Waals surface area contributed by atoms with Crippen LogP contribution in [-0.2, 0) is 9.53 Å². The Morgan fingerprint density at radius 1 is 1.45 bits per heavy atom. The molecule has 2 rings (SSSR count). The Morgan fingerprint density at radius 2 is 2.10 bits per heavy atom. The van der Waals surface area contributed by atoms with Crippen molar-refractivity contribution in [1.82, 2.24) is 10.6 Å². The first kappa shape index (κ1) is 14.7. The number of ether oxygens (including phenoxy) is 1. The lowest BCUT2D eigenvalue weighted by Crippen LogP contribution is -2.65. The van der Waals surface area contributed by atoms with Gasteiger partial charge in [-0.25, -0.2) is 0 Å². The number of benzene rings is 1. The Labute approximate surface area is 123 Å². The summed E-state index contributed by atoms with van der Waals surface area (Å²) in [5, 5.41) is 16.6. The van der Waals surface area contributed by atoms with Gasteiger partial charge in [-0.15, -0.1) is 0 Å². The van der Waals surface area contributed by atoms with Crippen molar-refractivity contribution in [1.29, 1.82) is 0 Å². The normalized spacial score (nSPS) is 29.2. The van der Waals surface area contributed by atoms with Crippen LogP contribution in [0.1, 0.15) is 25.5 Å². The number of carbonyl (C=O) groups is 1. The maximum atomic E-state index is 12.2. The van der Waals surface area contributed by atoms with Gasteiger partial charge >= 0.3 is 5.97 Å². The maximum Gasteiger partial charge on any atom is 0.316 e. The third-order valence-electron chi connectivity index (χ3n) is 3.29. The van der Waals surface area contributed by atoms with Crippen molar-refractivity contribution in [3.63, 3.8) is 0 Å². The first-order valence-electron chi connectivity index (χ1n) is 6.48. The zero-order valence-corrected chi connectivity index (χ0v) is 12.2. The Bertz CT molecular complexity index is 504. The van der Waals surface area contributed by atoms with Crippen molar-refractivity contribution in [2.24, 2.45) is 5.92 Å². The Balaban J connectivity index is 2.39. The largest absolute Gasteiger partial charge is 0.466 e. The number of rotatable bonds is 3. The second kappa shape index (κ2) is 5.76. The van der Waals surface area contributed by atoms with E-state index in [2.05, 4.69) is 10.6 Å². The minimum atomic E-state index is -1.46. The Hall–Kier alpha value is -1.66. The quantitative estimate of drug-likeness (QED) is 0.573. The highest BCUT2D eigenvalue weighted by atomic mass is 32.1. The topological polar surface area (TPSA) is 70.6 Å². The number of carbonyl (C=O) groups excluding carboxylic acids is 1. The van der Waals surface area contributed by atoms with Gasteiger partial charge in [0.1, 0.15) is 11.6 Å². The summed E-state index contributed by atoms with van der Waals surface area (Å²) in [5.41, 5.74) is -0.593. The van der Waals surface area contributed by atoms with Gasteiger partial charge in [-0.05, 0) is 31.6 Å². The van der Waals surface area contributed by atoms with E-state index in [1.807, 2.05) is 30.3 Å². The smallest absolute Gasteiger partial charge is 0.316 e. The lowest BCUT2D eigenvalue weighted by molar-refractivity contribution is -0.162. The van der Waals surface area contributed by atoms with Gasteiger partial charge in [0, 0.05) is 0 Å². The summed E-state index contributed by atoms with van der Waals surface area (Å²) < 4.78 is 5.08. The summed E-state index contributed by atoms with van der Waals surface area (Å²) in [6, 6.07) is 8.97. The molecule has 0 radical (unpaired) electrons. The van der Waals surface area contributed by atoms with Crippen LogP contribution < -0.4 is 10.6 Å². The van der Waals surface area contributed by atoms with Crippen LogP contribution in [0.4, 0.5) is 0 Å². The molecule has 5 nitrogen and oxygen atoms in total. The third kappa shape index (κ3) is 2.91. The summed E-state index contributed by atoms with van der Waals surface area (Å²) in [4.78, 5) is 12.2. The third-order valence-corrected chi connectivity index (χ3v) is 3.51. The molecule has 1 heterocycles. The van der Waals surface area contributed by atoms with Gasteiger partial charge in [-0.2, -0.15) is 0 Å². The molecule has 1 aromatic rings. The number of nitrogens with one attached hydrogen (secondary N) is 2. The minimum absolute atomic E-state index is 0.261. The summed E-state index contributed by atoms with van der Waals surface area (Å²) in [7, 11) is 0. The fourth-order valence-corrected chi connectivity index (χ4v) is 2.76. The molecule has 0 bridgehead atoms. The van der Waals surface area contributed by atoms with Gasteiger partial charge in [0.25, 0.3) is 0 Å². The molecule has 1 aromatic carbocycles. The molecule has 108 valence electrons. The molecule has 1 aliphatic heterocycles. The van der Waals surface area contributed by atoms with Crippen LogP contribution in [0.2, 0.25) is 0 Å². The molecular formula is C14H18N2O3S. The molecule has 1 saturated heterocycles. The van der Waals surface area contributed by atoms with E-state index in [-0.39, 0.29) is 6.61 Å². The van der Waals surface area contributed by atoms with Crippen LogP contribution in [0.25, 0.3) is 0 Å². The molecule has 3 atom stereocenters. The van der Waals surface area contributed by atoms with Crippen LogP contribution in [-0.4, -0.2) is 28.5 Å². The van der Waals surface area contributed by atoms with Gasteiger partial charge in [0.05, 0.1) is 12.6 Å². The number of aliphatic hydroxyl groups is 1. The minimum Gasteiger partial charge on any atom is -0.466 e. The fraction of sp³-hybridized carbons (Fsp3) is 0.429. The van der Waals surface area contributed by atoms with E-state index in [0.29, 0.717) is 5.11 Å². The van der Waals surface area contributed by atoms with E-state index in [4.69, 9.17) is 17.0 Å². The van der Waals surface area contributed by atoms with Crippen molar-refractivity contribution >= 4 is 23.3 Å². The van der Waals surface area contributed by atoms with Crippen LogP contribution in [0.15, 0.2) is 30.3 Å². The highest BCUT2D eigenvalue weighted by Gasteiger charge is 2.48. The lowest BCUT2D eigenvalue weighted by atomic mass is 9.83. The van der Waals surface area contributed by atoms with Gasteiger partial charge in [-0.3, -0.25) is 4.79 Å². The average Bonchev–Trinajstić information content (AvgIpc) is 2.37. The van der Waals surface area contributed by atoms with Crippen molar-refractivity contribution in [2.45, 2.75) is 25.6 Å². The van der Waals surface area contributed by atoms with E-state index < -0.39 is 23.7 Å². The molecule has 0 unspecified atom stereocenters. The number of esters is 1. The summed E-state index contributed by atoms with van der Waals surface area (Å²) >= 11 is 5.10. The molecule has 3 N–H and O–H groups in total. The highest BCUT2D eigenvalue weighted by molar-refractivity contribution is 7.80. The zero-order valence-electron chi connectivity index (χ0n) is 11.4. The van der Waals surface area contributed by atoms with Gasteiger partial charge in [-0.1, -0.05) is 30.3 Å². The van der Waals surface area contributed by atoms with Gasteiger partial charge in [0.15, 0.2) is 5.11 Å². The molecule has 20 heavy (non-hydrogen) atoms. The molecule has 0 saturated carbocycles. The van der Waals surface area contributed by atoms with E-state index in [9.17, 15) is 9.90 Å². The number of hydrogen-bond acceptors (Lipinski definition) is 4. The van der Waals surface area contributed by atoms with Crippen molar-refractivity contribution < 1.29 is 14.6 Å². The first-order valence-corrected chi connectivity index (χ1v) is 6.89. The average molecular weight is 294 g/mol. The predicted octanol–water partition coefficient (Wildman–Crippen LogP) is 1.09. The van der Waals surface area contributed by atoms with Gasteiger partial charge < -0.3 is 20.5 Å². The van der Waals surface area contributed by atoms with Crippen LogP contribution in [0.5, 0.6) is 0 Å². The van der Waals surface area contributed by atoms with E-state index in [1.54, 1.807) is 6.92 Å². The maximum absolute atomic E-state index is 12.2. The van der Waals surface area contributed by atoms with E-state index in [1.165, 1.54) is 6.92 Å². The summed E-state index contributed by atoms with van der Waals surface area (Å²) in [6.07, 6.45) is 0. The summed E-state index contributed by atoms with van der Waals surface area (Å²) in [5.74, 6) is -1.26. The monoisotopic (exact) mass is 294 g/mol. The Kier molecular flexibility index (Phi) is 4.25. The zero-order chi connectivity index (χ0) is 14.8. The van der Waals surface area contributed by atoms with Crippen molar-refractivity contribution in [3.8, 4) is 0 Å². The Morgan fingerprint density at radius 3 is 2.70 bits per heavy atom. The molecular weight excluding hydrogens is 276 g/mol. The standard InChI is InChI=1S/C14H18N2O3S/c1-3-19-12(17)10-11(9-7-5-4-6-8-9)15-13(20)16-14(10,2)18/h4-8,10-11,18H,3H2,1-2H3,(H2,15,16,20)/t10-,11+,14-/m1/s1. The highest BCUT2D eigenvalue weighted by Crippen LogP contribution is 2.33. The predicted molar refractivity (Wildman–Crippen MR) is 78.8 cm³/mol. The van der Waals surface area contributed by atoms with Crippen molar-refractivity contribution in [3.05, 3.63) is 35.9 Å². The van der Waals surface area contributed by atoms with Crippen LogP contribution in [0, 0.1) is 5.92 Å². The molecule has 1 aliphatic rings. The van der Waals surface area contributed by atoms with E-state index in [0.717, 1.165) is 5.56 Å². The van der Waals surface area contributed by atoms with Crippen molar-refractivity contribution in [2.75, 3.05) is 6.61 Å².